The predicted octanol–water partition coefficient (Wildman–Crippen LogP) is 3.73. The lowest BCUT2D eigenvalue weighted by atomic mass is 10.1. The molecule has 1 aromatic heterocycles. The summed E-state index contributed by atoms with van der Waals surface area (Å²) >= 11 is 0. The molecule has 0 fully saturated rings. The number of rotatable bonds is 6. The summed E-state index contributed by atoms with van der Waals surface area (Å²) in [6.07, 6.45) is 3.32. The van der Waals surface area contributed by atoms with E-state index in [0.29, 0.717) is 11.7 Å². The Morgan fingerprint density at radius 1 is 1.15 bits per heavy atom. The lowest BCUT2D eigenvalue weighted by molar-refractivity contribution is -0.125. The van der Waals surface area contributed by atoms with E-state index in [9.17, 15) is 4.79 Å². The van der Waals surface area contributed by atoms with Gasteiger partial charge in [0.1, 0.15) is 5.75 Å². The van der Waals surface area contributed by atoms with Gasteiger partial charge >= 0.3 is 0 Å². The molecule has 0 spiro atoms. The summed E-state index contributed by atoms with van der Waals surface area (Å²) in [6, 6.07) is 15.3. The lowest BCUT2D eigenvalue weighted by Gasteiger charge is -2.11. The highest BCUT2D eigenvalue weighted by Crippen LogP contribution is 2.20. The second-order valence-electron chi connectivity index (χ2n) is 6.18. The van der Waals surface area contributed by atoms with Crippen LogP contribution in [0.1, 0.15) is 17.0 Å². The lowest BCUT2D eigenvalue weighted by Crippen LogP contribution is -2.24. The Balaban J connectivity index is 1.61. The number of aromatic nitrogens is 2. The average Bonchev–Trinajstić information content (AvgIpc) is 3.15. The van der Waals surface area contributed by atoms with E-state index in [1.54, 1.807) is 20.2 Å². The number of nitrogens with zero attached hydrogens (tertiary/aromatic N) is 3. The number of amides is 1. The van der Waals surface area contributed by atoms with Crippen LogP contribution in [0, 0.1) is 6.92 Å². The largest absolute Gasteiger partial charge is 0.497 e. The van der Waals surface area contributed by atoms with Crippen molar-refractivity contribution in [3.05, 3.63) is 71.6 Å². The summed E-state index contributed by atoms with van der Waals surface area (Å²) in [5, 5.41) is 3.97. The maximum Gasteiger partial charge on any atom is 0.246 e. The van der Waals surface area contributed by atoms with Crippen molar-refractivity contribution in [2.75, 3.05) is 14.2 Å². The number of hydrogen-bond acceptors (Lipinski definition) is 5. The van der Waals surface area contributed by atoms with Crippen LogP contribution >= 0.6 is 0 Å². The van der Waals surface area contributed by atoms with Crippen molar-refractivity contribution in [2.24, 2.45) is 0 Å². The van der Waals surface area contributed by atoms with Crippen LogP contribution in [-0.4, -0.2) is 35.1 Å². The van der Waals surface area contributed by atoms with Crippen LogP contribution in [-0.2, 0) is 11.3 Å². The molecule has 3 aromatic rings. The van der Waals surface area contributed by atoms with Crippen LogP contribution in [0.25, 0.3) is 17.5 Å². The molecule has 2 aromatic carbocycles. The van der Waals surface area contributed by atoms with Crippen LogP contribution in [0.15, 0.2) is 59.1 Å². The van der Waals surface area contributed by atoms with Gasteiger partial charge in [-0.3, -0.25) is 4.79 Å². The number of methoxy groups -OCH3 is 1. The summed E-state index contributed by atoms with van der Waals surface area (Å²) < 4.78 is 10.4. The number of benzene rings is 2. The molecule has 0 aliphatic heterocycles. The zero-order valence-electron chi connectivity index (χ0n) is 15.5. The second kappa shape index (κ2) is 8.31. The highest BCUT2D eigenvalue weighted by Gasteiger charge is 2.13. The Bertz CT molecular complexity index is 928. The van der Waals surface area contributed by atoms with Crippen molar-refractivity contribution in [2.45, 2.75) is 13.5 Å². The first-order valence-corrected chi connectivity index (χ1v) is 8.52. The highest BCUT2D eigenvalue weighted by molar-refractivity contribution is 5.91. The van der Waals surface area contributed by atoms with Crippen molar-refractivity contribution in [3.8, 4) is 17.1 Å². The fourth-order valence-corrected chi connectivity index (χ4v) is 2.43. The zero-order chi connectivity index (χ0) is 19.2. The van der Waals surface area contributed by atoms with Gasteiger partial charge in [0.15, 0.2) is 0 Å². The Morgan fingerprint density at radius 3 is 2.52 bits per heavy atom. The van der Waals surface area contributed by atoms with Crippen molar-refractivity contribution in [3.63, 3.8) is 0 Å². The van der Waals surface area contributed by atoms with Gasteiger partial charge in [-0.25, -0.2) is 0 Å². The van der Waals surface area contributed by atoms with E-state index in [1.165, 1.54) is 16.5 Å². The first kappa shape index (κ1) is 18.4. The van der Waals surface area contributed by atoms with Crippen molar-refractivity contribution < 1.29 is 14.1 Å². The Morgan fingerprint density at radius 2 is 1.85 bits per heavy atom. The number of aryl methyl sites for hydroxylation is 1. The third-order valence-corrected chi connectivity index (χ3v) is 4.06. The molecule has 0 aliphatic carbocycles. The number of ether oxygens (including phenoxy) is 1. The Labute approximate surface area is 158 Å². The van der Waals surface area contributed by atoms with Gasteiger partial charge in [-0.2, -0.15) is 4.98 Å². The SMILES string of the molecule is COc1ccc(-c2noc(CN(C)C(=O)/C=C/c3ccc(C)cc3)n2)cc1. The third kappa shape index (κ3) is 4.82. The predicted molar refractivity (Wildman–Crippen MR) is 103 cm³/mol. The molecule has 138 valence electrons. The molecular formula is C21H21N3O3. The Hall–Kier alpha value is -3.41. The quantitative estimate of drug-likeness (QED) is 0.624. The molecule has 6 heteroatoms. The van der Waals surface area contributed by atoms with E-state index in [-0.39, 0.29) is 12.5 Å². The maximum atomic E-state index is 12.3. The first-order chi connectivity index (χ1) is 13.0. The van der Waals surface area contributed by atoms with Crippen LogP contribution in [0.2, 0.25) is 0 Å². The second-order valence-corrected chi connectivity index (χ2v) is 6.18. The summed E-state index contributed by atoms with van der Waals surface area (Å²) in [5.74, 6) is 1.47. The van der Waals surface area contributed by atoms with Gasteiger partial charge < -0.3 is 14.2 Å². The van der Waals surface area contributed by atoms with Gasteiger partial charge in [0, 0.05) is 18.7 Å². The molecule has 0 N–H and O–H groups in total. The maximum absolute atomic E-state index is 12.3. The third-order valence-electron chi connectivity index (χ3n) is 4.06. The van der Waals surface area contributed by atoms with Gasteiger partial charge in [-0.1, -0.05) is 35.0 Å². The van der Waals surface area contributed by atoms with Gasteiger partial charge in [-0.05, 0) is 42.8 Å². The van der Waals surface area contributed by atoms with Crippen molar-refractivity contribution >= 4 is 12.0 Å². The average molecular weight is 363 g/mol. The summed E-state index contributed by atoms with van der Waals surface area (Å²) in [6.45, 7) is 2.26. The van der Waals surface area contributed by atoms with Crippen molar-refractivity contribution in [1.29, 1.82) is 0 Å². The van der Waals surface area contributed by atoms with E-state index in [4.69, 9.17) is 9.26 Å². The molecule has 0 saturated carbocycles. The van der Waals surface area contributed by atoms with Gasteiger partial charge in [0.2, 0.25) is 17.6 Å². The highest BCUT2D eigenvalue weighted by atomic mass is 16.5. The van der Waals surface area contributed by atoms with Crippen LogP contribution in [0.5, 0.6) is 5.75 Å². The zero-order valence-corrected chi connectivity index (χ0v) is 15.5. The molecule has 0 saturated heterocycles. The number of likely N-dealkylation sites (N-methyl/N-ethyl adjacent to an activating group) is 1. The van der Waals surface area contributed by atoms with E-state index in [1.807, 2.05) is 55.5 Å². The number of hydrogen-bond donors (Lipinski definition) is 0. The monoisotopic (exact) mass is 363 g/mol. The fraction of sp³-hybridized carbons (Fsp3) is 0.190. The fourth-order valence-electron chi connectivity index (χ4n) is 2.43. The Kier molecular flexibility index (Phi) is 5.66. The molecule has 27 heavy (non-hydrogen) atoms. The van der Waals surface area contributed by atoms with Crippen LogP contribution in [0.3, 0.4) is 0 Å². The van der Waals surface area contributed by atoms with E-state index >= 15 is 0 Å². The summed E-state index contributed by atoms with van der Waals surface area (Å²) in [4.78, 5) is 18.1. The minimum atomic E-state index is -0.139. The van der Waals surface area contributed by atoms with Gasteiger partial charge in [0.25, 0.3) is 0 Å². The molecule has 6 nitrogen and oxygen atoms in total. The van der Waals surface area contributed by atoms with Gasteiger partial charge in [0.05, 0.1) is 13.7 Å². The van der Waals surface area contributed by atoms with Gasteiger partial charge in [-0.15, -0.1) is 0 Å². The van der Waals surface area contributed by atoms with E-state index in [0.717, 1.165) is 16.9 Å². The molecule has 0 atom stereocenters. The molecule has 0 unspecified atom stereocenters. The molecule has 1 amide bonds. The van der Waals surface area contributed by atoms with Crippen LogP contribution in [0.4, 0.5) is 0 Å². The topological polar surface area (TPSA) is 68.5 Å². The molecule has 0 bridgehead atoms. The summed E-state index contributed by atoms with van der Waals surface area (Å²) in [5.41, 5.74) is 2.97. The summed E-state index contributed by atoms with van der Waals surface area (Å²) in [7, 11) is 3.31. The standard InChI is InChI=1S/C21H21N3O3/c1-15-4-6-16(7-5-15)8-13-20(25)24(2)14-19-22-21(23-27-19)17-9-11-18(26-3)12-10-17/h4-13H,14H2,1-3H3/b13-8+. The molecule has 1 heterocycles. The van der Waals surface area contributed by atoms with E-state index < -0.39 is 0 Å². The normalized spacial score (nSPS) is 10.9. The van der Waals surface area contributed by atoms with E-state index in [2.05, 4.69) is 10.1 Å². The molecule has 3 rings (SSSR count). The van der Waals surface area contributed by atoms with Crippen molar-refractivity contribution in [1.82, 2.24) is 15.0 Å². The number of carbonyl (C=O) groups is 1. The molecule has 0 aliphatic rings. The smallest absolute Gasteiger partial charge is 0.246 e. The molecule has 0 radical (unpaired) electrons. The van der Waals surface area contributed by atoms with Crippen LogP contribution < -0.4 is 4.74 Å². The minimum Gasteiger partial charge on any atom is -0.497 e. The molecular weight excluding hydrogens is 342 g/mol. The first-order valence-electron chi connectivity index (χ1n) is 8.52. The minimum absolute atomic E-state index is 0.139. The number of carbonyl (C=O) groups excluding carboxylic acids is 1.